The highest BCUT2D eigenvalue weighted by Crippen LogP contribution is 2.16. The first-order valence-corrected chi connectivity index (χ1v) is 11.6. The molecule has 168 valence electrons. The quantitative estimate of drug-likeness (QED) is 0.199. The molecule has 0 aliphatic carbocycles. The molecule has 5 heteroatoms. The monoisotopic (exact) mass is 402 g/mol. The Morgan fingerprint density at radius 3 is 1.75 bits per heavy atom. The van der Waals surface area contributed by atoms with Crippen LogP contribution in [0.1, 0.15) is 116 Å². The van der Waals surface area contributed by atoms with E-state index in [1.54, 1.807) is 0 Å². The number of aliphatic hydroxyl groups is 3. The predicted molar refractivity (Wildman–Crippen MR) is 114 cm³/mol. The van der Waals surface area contributed by atoms with Crippen LogP contribution in [0.5, 0.6) is 0 Å². The van der Waals surface area contributed by atoms with E-state index in [9.17, 15) is 20.1 Å². The summed E-state index contributed by atoms with van der Waals surface area (Å²) in [5.74, 6) is -0.176. The van der Waals surface area contributed by atoms with Gasteiger partial charge in [0.05, 0.1) is 25.4 Å². The number of unbranched alkanes of at least 4 members (excludes halogenated alkanes) is 9. The number of aliphatic hydroxyl groups excluding tert-OH is 3. The molecule has 0 bridgehead atoms. The fraction of sp³-hybridized carbons (Fsp3) is 0.957. The maximum absolute atomic E-state index is 11.0. The van der Waals surface area contributed by atoms with Crippen LogP contribution in [0.15, 0.2) is 0 Å². The topological polar surface area (TPSA) is 87.0 Å². The van der Waals surface area contributed by atoms with Crippen molar-refractivity contribution in [1.82, 2.24) is 0 Å². The molecule has 0 aromatic carbocycles. The second kappa shape index (κ2) is 19.7. The minimum absolute atomic E-state index is 0.176. The molecule has 3 atom stereocenters. The molecule has 0 heterocycles. The van der Waals surface area contributed by atoms with Crippen molar-refractivity contribution in [2.24, 2.45) is 0 Å². The van der Waals surface area contributed by atoms with Crippen molar-refractivity contribution in [3.63, 3.8) is 0 Å². The zero-order valence-corrected chi connectivity index (χ0v) is 18.4. The van der Waals surface area contributed by atoms with Gasteiger partial charge in [-0.15, -0.1) is 0 Å². The smallest absolute Gasteiger partial charge is 0.305 e. The van der Waals surface area contributed by atoms with E-state index in [4.69, 9.17) is 0 Å². The van der Waals surface area contributed by atoms with E-state index in [0.717, 1.165) is 44.9 Å². The Labute approximate surface area is 172 Å². The Morgan fingerprint density at radius 2 is 1.14 bits per heavy atom. The molecule has 3 N–H and O–H groups in total. The lowest BCUT2D eigenvalue weighted by Crippen LogP contribution is -2.26. The number of rotatable bonds is 20. The highest BCUT2D eigenvalue weighted by atomic mass is 16.5. The summed E-state index contributed by atoms with van der Waals surface area (Å²) < 4.78 is 4.60. The molecule has 0 aromatic heterocycles. The predicted octanol–water partition coefficient (Wildman–Crippen LogP) is 4.89. The average molecular weight is 403 g/mol. The van der Waals surface area contributed by atoms with E-state index in [-0.39, 0.29) is 12.1 Å². The number of carbonyl (C=O) groups is 1. The Hall–Kier alpha value is -0.650. The van der Waals surface area contributed by atoms with Crippen LogP contribution in [0.25, 0.3) is 0 Å². The lowest BCUT2D eigenvalue weighted by molar-refractivity contribution is -0.140. The molecule has 0 saturated carbocycles. The van der Waals surface area contributed by atoms with E-state index < -0.39 is 12.2 Å². The summed E-state index contributed by atoms with van der Waals surface area (Å²) >= 11 is 0. The van der Waals surface area contributed by atoms with Gasteiger partial charge in [0, 0.05) is 6.42 Å². The van der Waals surface area contributed by atoms with Gasteiger partial charge in [-0.1, -0.05) is 71.1 Å². The normalized spacial score (nSPS) is 14.6. The summed E-state index contributed by atoms with van der Waals surface area (Å²) in [7, 11) is 1.40. The molecule has 0 amide bonds. The summed E-state index contributed by atoms with van der Waals surface area (Å²) in [5, 5.41) is 30.1. The molecule has 0 aliphatic heterocycles. The van der Waals surface area contributed by atoms with Crippen molar-refractivity contribution in [3.8, 4) is 0 Å². The average Bonchev–Trinajstić information content (AvgIpc) is 2.69. The Kier molecular flexibility index (Phi) is 19.2. The highest BCUT2D eigenvalue weighted by Gasteiger charge is 2.16. The number of carbonyl (C=O) groups excluding carboxylic acids is 1. The molecule has 0 radical (unpaired) electrons. The molecule has 0 spiro atoms. The highest BCUT2D eigenvalue weighted by molar-refractivity contribution is 5.68. The summed E-state index contributed by atoms with van der Waals surface area (Å²) in [6.45, 7) is 2.22. The van der Waals surface area contributed by atoms with E-state index >= 15 is 0 Å². The van der Waals surface area contributed by atoms with Gasteiger partial charge in [0.2, 0.25) is 0 Å². The third kappa shape index (κ3) is 17.4. The SMILES string of the molecule is CCCCCCCCCC(O)CCCC(O)C(O)CCCCCCC(=O)OC. The lowest BCUT2D eigenvalue weighted by atomic mass is 9.98. The van der Waals surface area contributed by atoms with E-state index in [1.165, 1.54) is 45.6 Å². The van der Waals surface area contributed by atoms with Gasteiger partial charge in [0.15, 0.2) is 0 Å². The van der Waals surface area contributed by atoms with Crippen LogP contribution in [-0.4, -0.2) is 46.7 Å². The zero-order valence-electron chi connectivity index (χ0n) is 18.4. The molecule has 28 heavy (non-hydrogen) atoms. The van der Waals surface area contributed by atoms with E-state index in [1.807, 2.05) is 0 Å². The van der Waals surface area contributed by atoms with Gasteiger partial charge < -0.3 is 20.1 Å². The van der Waals surface area contributed by atoms with Gasteiger partial charge >= 0.3 is 5.97 Å². The summed E-state index contributed by atoms with van der Waals surface area (Å²) in [6, 6.07) is 0. The maximum atomic E-state index is 11.0. The fourth-order valence-corrected chi connectivity index (χ4v) is 3.51. The maximum Gasteiger partial charge on any atom is 0.305 e. The van der Waals surface area contributed by atoms with Gasteiger partial charge in [0.1, 0.15) is 0 Å². The molecule has 3 unspecified atom stereocenters. The van der Waals surface area contributed by atoms with Crippen molar-refractivity contribution in [2.75, 3.05) is 7.11 Å². The molecule has 0 aliphatic rings. The van der Waals surface area contributed by atoms with Crippen molar-refractivity contribution in [2.45, 2.75) is 134 Å². The Bertz CT molecular complexity index is 348. The number of ether oxygens (including phenoxy) is 1. The van der Waals surface area contributed by atoms with Crippen molar-refractivity contribution >= 4 is 5.97 Å². The first-order chi connectivity index (χ1) is 13.5. The molecule has 0 aromatic rings. The third-order valence-corrected chi connectivity index (χ3v) is 5.48. The van der Waals surface area contributed by atoms with Crippen LogP contribution in [0, 0.1) is 0 Å². The number of methoxy groups -OCH3 is 1. The summed E-state index contributed by atoms with van der Waals surface area (Å²) in [5.41, 5.74) is 0. The van der Waals surface area contributed by atoms with Gasteiger partial charge in [-0.05, 0) is 38.5 Å². The van der Waals surface area contributed by atoms with Gasteiger partial charge in [-0.2, -0.15) is 0 Å². The minimum Gasteiger partial charge on any atom is -0.469 e. The van der Waals surface area contributed by atoms with Crippen LogP contribution in [-0.2, 0) is 9.53 Å². The minimum atomic E-state index is -0.708. The van der Waals surface area contributed by atoms with Gasteiger partial charge in [-0.25, -0.2) is 0 Å². The molecule has 0 saturated heterocycles. The Balaban J connectivity index is 3.52. The zero-order chi connectivity index (χ0) is 21.0. The van der Waals surface area contributed by atoms with Gasteiger partial charge in [0.25, 0.3) is 0 Å². The second-order valence-electron chi connectivity index (χ2n) is 8.16. The number of hydrogen-bond donors (Lipinski definition) is 3. The number of esters is 1. The van der Waals surface area contributed by atoms with Crippen molar-refractivity contribution in [3.05, 3.63) is 0 Å². The summed E-state index contributed by atoms with van der Waals surface area (Å²) in [4.78, 5) is 11.0. The molecule has 0 rings (SSSR count). The van der Waals surface area contributed by atoms with Crippen molar-refractivity contribution < 1.29 is 24.9 Å². The summed E-state index contributed by atoms with van der Waals surface area (Å²) in [6.07, 6.45) is 14.5. The Morgan fingerprint density at radius 1 is 0.679 bits per heavy atom. The first kappa shape index (κ1) is 27.4. The van der Waals surface area contributed by atoms with Crippen LogP contribution in [0.4, 0.5) is 0 Å². The molecule has 0 fully saturated rings. The largest absolute Gasteiger partial charge is 0.469 e. The lowest BCUT2D eigenvalue weighted by Gasteiger charge is -2.18. The standard InChI is InChI=1S/C23H46O5/c1-3-4-5-6-7-8-11-15-20(24)16-14-18-22(26)21(25)17-12-9-10-13-19-23(27)28-2/h20-22,24-26H,3-19H2,1-2H3. The van der Waals surface area contributed by atoms with Crippen LogP contribution < -0.4 is 0 Å². The van der Waals surface area contributed by atoms with Crippen LogP contribution in [0.2, 0.25) is 0 Å². The molecule has 5 nitrogen and oxygen atoms in total. The number of hydrogen-bond acceptors (Lipinski definition) is 5. The molecular weight excluding hydrogens is 356 g/mol. The van der Waals surface area contributed by atoms with E-state index in [0.29, 0.717) is 25.7 Å². The van der Waals surface area contributed by atoms with Gasteiger partial charge in [-0.3, -0.25) is 4.79 Å². The second-order valence-corrected chi connectivity index (χ2v) is 8.16. The van der Waals surface area contributed by atoms with E-state index in [2.05, 4.69) is 11.7 Å². The fourth-order valence-electron chi connectivity index (χ4n) is 3.51. The van der Waals surface area contributed by atoms with Crippen LogP contribution in [0.3, 0.4) is 0 Å². The molecular formula is C23H46O5. The van der Waals surface area contributed by atoms with Crippen LogP contribution >= 0.6 is 0 Å². The third-order valence-electron chi connectivity index (χ3n) is 5.48. The first-order valence-electron chi connectivity index (χ1n) is 11.6. The van der Waals surface area contributed by atoms with Crippen molar-refractivity contribution in [1.29, 1.82) is 0 Å².